The molecule has 7 rings (SSSR count). The Bertz CT molecular complexity index is 2120. The number of rotatable bonds is 5. The topological polar surface area (TPSA) is 123 Å². The molecule has 12 heteroatoms. The predicted molar refractivity (Wildman–Crippen MR) is 159 cm³/mol. The fraction of sp³-hybridized carbons (Fsp3) is 0.0645. The zero-order valence-electron chi connectivity index (χ0n) is 22.6. The molecular formula is C31H22F3N9. The zero-order valence-corrected chi connectivity index (χ0v) is 22.6. The molecule has 4 heterocycles. The Morgan fingerprint density at radius 2 is 1.65 bits per heavy atom. The van der Waals surface area contributed by atoms with Crippen LogP contribution in [0.25, 0.3) is 49.9 Å². The number of nitrogens with one attached hydrogen (secondary N) is 2. The Balaban J connectivity index is 1.35. The number of pyridine rings is 1. The monoisotopic (exact) mass is 577 g/mol. The number of hydrogen-bond acceptors (Lipinski definition) is 7. The number of hydrogen-bond donors (Lipinski definition) is 3. The van der Waals surface area contributed by atoms with E-state index < -0.39 is 11.7 Å². The Morgan fingerprint density at radius 1 is 0.837 bits per heavy atom. The van der Waals surface area contributed by atoms with Crippen molar-refractivity contribution in [3.63, 3.8) is 0 Å². The molecule has 43 heavy (non-hydrogen) atoms. The molecule has 0 spiro atoms. The van der Waals surface area contributed by atoms with Crippen LogP contribution < -0.4 is 11.1 Å². The van der Waals surface area contributed by atoms with Crippen molar-refractivity contribution in [3.05, 3.63) is 103 Å². The van der Waals surface area contributed by atoms with Crippen LogP contribution in [0.4, 0.5) is 30.2 Å². The van der Waals surface area contributed by atoms with Crippen molar-refractivity contribution in [1.82, 2.24) is 34.7 Å². The normalized spacial score (nSPS) is 11.8. The van der Waals surface area contributed by atoms with Crippen molar-refractivity contribution in [1.29, 1.82) is 0 Å². The van der Waals surface area contributed by atoms with Crippen molar-refractivity contribution in [2.75, 3.05) is 11.1 Å². The van der Waals surface area contributed by atoms with Gasteiger partial charge in [-0.25, -0.2) is 19.6 Å². The van der Waals surface area contributed by atoms with Gasteiger partial charge in [-0.1, -0.05) is 24.3 Å². The minimum absolute atomic E-state index is 0.168. The van der Waals surface area contributed by atoms with Gasteiger partial charge in [0.15, 0.2) is 0 Å². The maximum absolute atomic E-state index is 14.6. The Kier molecular flexibility index (Phi) is 6.04. The van der Waals surface area contributed by atoms with Crippen molar-refractivity contribution in [2.45, 2.75) is 13.1 Å². The van der Waals surface area contributed by atoms with Gasteiger partial charge in [0.1, 0.15) is 24.6 Å². The molecule has 0 saturated carbocycles. The van der Waals surface area contributed by atoms with Gasteiger partial charge in [-0.05, 0) is 60.0 Å². The zero-order chi connectivity index (χ0) is 29.7. The highest BCUT2D eigenvalue weighted by Crippen LogP contribution is 2.43. The van der Waals surface area contributed by atoms with E-state index in [4.69, 9.17) is 5.73 Å². The summed E-state index contributed by atoms with van der Waals surface area (Å²) in [5, 5.41) is 9.00. The van der Waals surface area contributed by atoms with Crippen LogP contribution in [-0.2, 0) is 6.18 Å². The molecular weight excluding hydrogens is 555 g/mol. The number of nitrogens with two attached hydrogens (primary N) is 1. The lowest BCUT2D eigenvalue weighted by molar-refractivity contribution is -0.136. The summed E-state index contributed by atoms with van der Waals surface area (Å²) < 4.78 is 45.2. The summed E-state index contributed by atoms with van der Waals surface area (Å²) in [6.45, 7) is 1.85. The van der Waals surface area contributed by atoms with E-state index in [0.29, 0.717) is 28.2 Å². The molecule has 0 saturated heterocycles. The lowest BCUT2D eigenvalue weighted by Crippen LogP contribution is -2.13. The molecule has 3 aromatic carbocycles. The van der Waals surface area contributed by atoms with Gasteiger partial charge in [0.05, 0.1) is 28.8 Å². The van der Waals surface area contributed by atoms with E-state index in [-0.39, 0.29) is 11.4 Å². The smallest absolute Gasteiger partial charge is 0.399 e. The molecule has 0 aliphatic heterocycles. The molecule has 0 radical (unpaired) electrons. The van der Waals surface area contributed by atoms with E-state index in [1.54, 1.807) is 42.6 Å². The van der Waals surface area contributed by atoms with E-state index in [1.165, 1.54) is 29.9 Å². The van der Waals surface area contributed by atoms with Gasteiger partial charge in [-0.2, -0.15) is 18.3 Å². The highest BCUT2D eigenvalue weighted by Gasteiger charge is 2.36. The number of aromatic nitrogens is 7. The summed E-state index contributed by atoms with van der Waals surface area (Å²) in [6, 6.07) is 17.0. The van der Waals surface area contributed by atoms with Crippen LogP contribution in [0.15, 0.2) is 92.0 Å². The van der Waals surface area contributed by atoms with Crippen LogP contribution in [0, 0.1) is 6.92 Å². The number of nitrogens with zero attached hydrogens (tertiary/aromatic N) is 6. The lowest BCUT2D eigenvalue weighted by Gasteiger charge is -2.21. The van der Waals surface area contributed by atoms with E-state index in [0.717, 1.165) is 39.1 Å². The number of H-pyrrole nitrogens is 1. The largest absolute Gasteiger partial charge is 0.418 e. The summed E-state index contributed by atoms with van der Waals surface area (Å²) in [5.74, 6) is 0. The number of nitrogen functional groups attached to an aromatic ring is 1. The third-order valence-electron chi connectivity index (χ3n) is 7.27. The van der Waals surface area contributed by atoms with Gasteiger partial charge in [-0.3, -0.25) is 4.98 Å². The van der Waals surface area contributed by atoms with Gasteiger partial charge in [0, 0.05) is 39.4 Å². The van der Waals surface area contributed by atoms with E-state index >= 15 is 0 Å². The molecule has 0 aliphatic carbocycles. The first-order valence-corrected chi connectivity index (χ1v) is 13.2. The number of benzene rings is 3. The number of aryl methyl sites for hydroxylation is 1. The van der Waals surface area contributed by atoms with Gasteiger partial charge in [-0.15, -0.1) is 0 Å². The summed E-state index contributed by atoms with van der Waals surface area (Å²) in [5.41, 5.74) is 10.6. The standard InChI is InChI=1S/C31H22F3N9/c1-17-24(19-4-7-23-25-13-36-14-39-30(25)42-27(23)9-19)11-22(12-38-17)41-29-26(31(32,33)34)8-20(18-2-5-21(35)6-3-18)10-28(29)43-16-37-15-40-43/h2-16,41H,35H2,1H3,(H,36,39,42). The van der Waals surface area contributed by atoms with Crippen molar-refractivity contribution >= 4 is 39.0 Å². The third-order valence-corrected chi connectivity index (χ3v) is 7.27. The molecule has 9 nitrogen and oxygen atoms in total. The summed E-state index contributed by atoms with van der Waals surface area (Å²) >= 11 is 0. The van der Waals surface area contributed by atoms with Crippen LogP contribution in [-0.4, -0.2) is 34.7 Å². The molecule has 0 atom stereocenters. The van der Waals surface area contributed by atoms with E-state index in [1.807, 2.05) is 25.1 Å². The number of anilines is 3. The van der Waals surface area contributed by atoms with Gasteiger partial charge >= 0.3 is 6.18 Å². The lowest BCUT2D eigenvalue weighted by atomic mass is 9.99. The maximum atomic E-state index is 14.6. The number of halogens is 3. The van der Waals surface area contributed by atoms with Crippen LogP contribution in [0.5, 0.6) is 0 Å². The fourth-order valence-corrected chi connectivity index (χ4v) is 5.18. The quantitative estimate of drug-likeness (QED) is 0.187. The molecule has 0 bridgehead atoms. The van der Waals surface area contributed by atoms with Crippen LogP contribution in [0.1, 0.15) is 11.3 Å². The third kappa shape index (κ3) is 4.78. The number of fused-ring (bicyclic) bond motifs is 3. The van der Waals surface area contributed by atoms with Gasteiger partial charge in [0.2, 0.25) is 0 Å². The Hall–Kier alpha value is -5.78. The highest BCUT2D eigenvalue weighted by atomic mass is 19.4. The first-order valence-electron chi connectivity index (χ1n) is 13.2. The second kappa shape index (κ2) is 9.94. The fourth-order valence-electron chi connectivity index (χ4n) is 5.18. The van der Waals surface area contributed by atoms with E-state index in [9.17, 15) is 13.2 Å². The Labute approximate surface area is 242 Å². The van der Waals surface area contributed by atoms with Gasteiger partial charge in [0.25, 0.3) is 0 Å². The summed E-state index contributed by atoms with van der Waals surface area (Å²) in [7, 11) is 0. The highest BCUT2D eigenvalue weighted by molar-refractivity contribution is 6.06. The van der Waals surface area contributed by atoms with Gasteiger partial charge < -0.3 is 16.0 Å². The maximum Gasteiger partial charge on any atom is 0.418 e. The number of alkyl halides is 3. The van der Waals surface area contributed by atoms with Crippen molar-refractivity contribution in [3.8, 4) is 27.9 Å². The van der Waals surface area contributed by atoms with Crippen molar-refractivity contribution < 1.29 is 13.2 Å². The molecule has 0 unspecified atom stereocenters. The SMILES string of the molecule is Cc1ncc(Nc2c(-n3cncn3)cc(-c3ccc(N)cc3)cc2C(F)(F)F)cc1-c1ccc2c(c1)[nH]c1ncncc12. The molecule has 4 aromatic heterocycles. The van der Waals surface area contributed by atoms with Crippen molar-refractivity contribution in [2.24, 2.45) is 0 Å². The van der Waals surface area contributed by atoms with E-state index in [2.05, 4.69) is 35.3 Å². The summed E-state index contributed by atoms with van der Waals surface area (Å²) in [6.07, 6.45) is 2.67. The minimum atomic E-state index is -4.69. The molecule has 212 valence electrons. The second-order valence-electron chi connectivity index (χ2n) is 10.0. The predicted octanol–water partition coefficient (Wildman–Crippen LogP) is 7.07. The molecule has 0 fully saturated rings. The average molecular weight is 578 g/mol. The average Bonchev–Trinajstić information content (AvgIpc) is 3.66. The molecule has 0 amide bonds. The van der Waals surface area contributed by atoms with Crippen LogP contribution >= 0.6 is 0 Å². The molecule has 4 N–H and O–H groups in total. The molecule has 7 aromatic rings. The first-order chi connectivity index (χ1) is 20.7. The van der Waals surface area contributed by atoms with Crippen LogP contribution in [0.2, 0.25) is 0 Å². The second-order valence-corrected chi connectivity index (χ2v) is 10.0. The summed E-state index contributed by atoms with van der Waals surface area (Å²) in [4.78, 5) is 20.2. The van der Waals surface area contributed by atoms with Crippen LogP contribution in [0.3, 0.4) is 0 Å². The number of aromatic amines is 1. The molecule has 0 aliphatic rings. The Morgan fingerprint density at radius 3 is 2.42 bits per heavy atom. The minimum Gasteiger partial charge on any atom is -0.399 e. The first kappa shape index (κ1) is 26.1.